The van der Waals surface area contributed by atoms with Crippen molar-refractivity contribution in [3.05, 3.63) is 35.4 Å². The van der Waals surface area contributed by atoms with Crippen molar-refractivity contribution in [2.45, 2.75) is 6.04 Å². The lowest BCUT2D eigenvalue weighted by atomic mass is 10.1. The Morgan fingerprint density at radius 1 is 1.50 bits per heavy atom. The average Bonchev–Trinajstić information content (AvgIpc) is 2.27. The van der Waals surface area contributed by atoms with Gasteiger partial charge in [-0.2, -0.15) is 0 Å². The SMILES string of the molecule is O=C(O)NC(CF)c1ccc(C=NO)cc1. The van der Waals surface area contributed by atoms with E-state index in [9.17, 15) is 9.18 Å². The van der Waals surface area contributed by atoms with Gasteiger partial charge >= 0.3 is 6.09 Å². The Bertz CT molecular complexity index is 378. The van der Waals surface area contributed by atoms with Gasteiger partial charge < -0.3 is 15.6 Å². The fourth-order valence-corrected chi connectivity index (χ4v) is 1.24. The molecule has 3 N–H and O–H groups in total. The van der Waals surface area contributed by atoms with E-state index in [0.29, 0.717) is 11.1 Å². The van der Waals surface area contributed by atoms with Crippen LogP contribution in [0.2, 0.25) is 0 Å². The van der Waals surface area contributed by atoms with E-state index in [1.807, 2.05) is 0 Å². The van der Waals surface area contributed by atoms with Crippen LogP contribution in [0.1, 0.15) is 17.2 Å². The fraction of sp³-hybridized carbons (Fsp3) is 0.200. The molecule has 0 aliphatic carbocycles. The summed E-state index contributed by atoms with van der Waals surface area (Å²) >= 11 is 0. The van der Waals surface area contributed by atoms with E-state index in [1.165, 1.54) is 6.21 Å². The highest BCUT2D eigenvalue weighted by Gasteiger charge is 2.13. The summed E-state index contributed by atoms with van der Waals surface area (Å²) in [4.78, 5) is 10.4. The zero-order valence-electron chi connectivity index (χ0n) is 8.30. The molecule has 1 aromatic carbocycles. The van der Waals surface area contributed by atoms with Crippen molar-refractivity contribution >= 4 is 12.3 Å². The zero-order chi connectivity index (χ0) is 12.0. The Balaban J connectivity index is 2.81. The molecule has 0 radical (unpaired) electrons. The summed E-state index contributed by atoms with van der Waals surface area (Å²) in [5, 5.41) is 21.7. The molecule has 0 spiro atoms. The topological polar surface area (TPSA) is 81.9 Å². The van der Waals surface area contributed by atoms with Crippen LogP contribution in [0, 0.1) is 0 Å². The maximum absolute atomic E-state index is 12.6. The highest BCUT2D eigenvalue weighted by molar-refractivity contribution is 5.79. The van der Waals surface area contributed by atoms with Crippen molar-refractivity contribution in [3.8, 4) is 0 Å². The van der Waals surface area contributed by atoms with Gasteiger partial charge in [-0.1, -0.05) is 29.4 Å². The molecule has 16 heavy (non-hydrogen) atoms. The van der Waals surface area contributed by atoms with Crippen LogP contribution in [0.25, 0.3) is 0 Å². The number of hydrogen-bond donors (Lipinski definition) is 3. The number of alkyl halides is 1. The molecular weight excluding hydrogens is 215 g/mol. The Morgan fingerprint density at radius 3 is 2.56 bits per heavy atom. The number of hydrogen-bond acceptors (Lipinski definition) is 3. The summed E-state index contributed by atoms with van der Waals surface area (Å²) in [5.74, 6) is 0. The van der Waals surface area contributed by atoms with Crippen molar-refractivity contribution in [1.29, 1.82) is 0 Å². The lowest BCUT2D eigenvalue weighted by Crippen LogP contribution is -2.28. The van der Waals surface area contributed by atoms with E-state index in [-0.39, 0.29) is 0 Å². The minimum atomic E-state index is -1.27. The molecule has 0 aromatic heterocycles. The number of rotatable bonds is 4. The van der Waals surface area contributed by atoms with Crippen molar-refractivity contribution in [2.24, 2.45) is 5.16 Å². The summed E-state index contributed by atoms with van der Waals surface area (Å²) in [5.41, 5.74) is 1.15. The van der Waals surface area contributed by atoms with E-state index < -0.39 is 18.8 Å². The quantitative estimate of drug-likeness (QED) is 0.415. The third-order valence-corrected chi connectivity index (χ3v) is 2.00. The van der Waals surface area contributed by atoms with Gasteiger partial charge in [0.1, 0.15) is 6.67 Å². The largest absolute Gasteiger partial charge is 0.465 e. The number of oxime groups is 1. The first-order valence-corrected chi connectivity index (χ1v) is 4.50. The van der Waals surface area contributed by atoms with Crippen LogP contribution in [-0.4, -0.2) is 29.3 Å². The van der Waals surface area contributed by atoms with Crippen LogP contribution in [-0.2, 0) is 0 Å². The number of benzene rings is 1. The highest BCUT2D eigenvalue weighted by atomic mass is 19.1. The predicted octanol–water partition coefficient (Wildman–Crippen LogP) is 1.77. The number of halogens is 1. The molecule has 1 aromatic rings. The van der Waals surface area contributed by atoms with Gasteiger partial charge in [0.15, 0.2) is 0 Å². The van der Waals surface area contributed by atoms with Crippen LogP contribution < -0.4 is 5.32 Å². The Morgan fingerprint density at radius 2 is 2.12 bits per heavy atom. The molecule has 1 amide bonds. The third-order valence-electron chi connectivity index (χ3n) is 2.00. The number of nitrogens with one attached hydrogen (secondary N) is 1. The Kier molecular flexibility index (Phi) is 4.26. The summed E-state index contributed by atoms with van der Waals surface area (Å²) in [7, 11) is 0. The predicted molar refractivity (Wildman–Crippen MR) is 55.7 cm³/mol. The van der Waals surface area contributed by atoms with Crippen LogP contribution in [0.3, 0.4) is 0 Å². The average molecular weight is 226 g/mol. The lowest BCUT2D eigenvalue weighted by molar-refractivity contribution is 0.187. The summed E-state index contributed by atoms with van der Waals surface area (Å²) < 4.78 is 12.6. The zero-order valence-corrected chi connectivity index (χ0v) is 8.30. The van der Waals surface area contributed by atoms with E-state index in [4.69, 9.17) is 10.3 Å². The molecule has 0 fully saturated rings. The number of carboxylic acid groups (broad SMARTS) is 1. The van der Waals surface area contributed by atoms with Gasteiger partial charge in [-0.05, 0) is 11.1 Å². The standard InChI is InChI=1S/C10H11FN2O3/c11-5-9(13-10(14)15)8-3-1-7(2-4-8)6-12-16/h1-4,6,9,13,16H,5H2,(H,14,15). The fourth-order valence-electron chi connectivity index (χ4n) is 1.24. The molecule has 1 rings (SSSR count). The van der Waals surface area contributed by atoms with Gasteiger partial charge in [0, 0.05) is 0 Å². The summed E-state index contributed by atoms with van der Waals surface area (Å²) in [6.45, 7) is -0.820. The summed E-state index contributed by atoms with van der Waals surface area (Å²) in [6.07, 6.45) is -0.0533. The van der Waals surface area contributed by atoms with E-state index >= 15 is 0 Å². The molecule has 0 bridgehead atoms. The number of carbonyl (C=O) groups is 1. The van der Waals surface area contributed by atoms with Crippen molar-refractivity contribution in [2.75, 3.05) is 6.67 Å². The molecule has 6 heteroatoms. The Hall–Kier alpha value is -2.11. The second-order valence-corrected chi connectivity index (χ2v) is 3.07. The second kappa shape index (κ2) is 5.69. The van der Waals surface area contributed by atoms with Crippen molar-refractivity contribution in [3.63, 3.8) is 0 Å². The van der Waals surface area contributed by atoms with Crippen molar-refractivity contribution < 1.29 is 19.5 Å². The molecule has 5 nitrogen and oxygen atoms in total. The van der Waals surface area contributed by atoms with Gasteiger partial charge in [0.25, 0.3) is 0 Å². The van der Waals surface area contributed by atoms with E-state index in [2.05, 4.69) is 10.5 Å². The maximum Gasteiger partial charge on any atom is 0.405 e. The Labute approximate surface area is 91.2 Å². The van der Waals surface area contributed by atoms with Crippen LogP contribution >= 0.6 is 0 Å². The lowest BCUT2D eigenvalue weighted by Gasteiger charge is -2.13. The highest BCUT2D eigenvalue weighted by Crippen LogP contribution is 2.14. The number of nitrogens with zero attached hydrogens (tertiary/aromatic N) is 1. The van der Waals surface area contributed by atoms with Crippen LogP contribution in [0.4, 0.5) is 9.18 Å². The summed E-state index contributed by atoms with van der Waals surface area (Å²) in [6, 6.07) is 5.45. The molecule has 86 valence electrons. The molecule has 0 saturated heterocycles. The van der Waals surface area contributed by atoms with Gasteiger partial charge in [0.2, 0.25) is 0 Å². The van der Waals surface area contributed by atoms with Crippen LogP contribution in [0.15, 0.2) is 29.4 Å². The second-order valence-electron chi connectivity index (χ2n) is 3.07. The molecule has 1 atom stereocenters. The van der Waals surface area contributed by atoms with Gasteiger partial charge in [0.05, 0.1) is 12.3 Å². The normalized spacial score (nSPS) is 12.6. The monoisotopic (exact) mass is 226 g/mol. The van der Waals surface area contributed by atoms with Crippen LogP contribution in [0.5, 0.6) is 0 Å². The van der Waals surface area contributed by atoms with Gasteiger partial charge in [-0.15, -0.1) is 0 Å². The molecule has 0 aliphatic rings. The maximum atomic E-state index is 12.6. The first kappa shape index (κ1) is 12.0. The van der Waals surface area contributed by atoms with E-state index in [0.717, 1.165) is 0 Å². The molecule has 0 saturated carbocycles. The van der Waals surface area contributed by atoms with Crippen molar-refractivity contribution in [1.82, 2.24) is 5.32 Å². The smallest absolute Gasteiger partial charge is 0.405 e. The van der Waals surface area contributed by atoms with Gasteiger partial charge in [-0.3, -0.25) is 0 Å². The minimum Gasteiger partial charge on any atom is -0.465 e. The first-order valence-electron chi connectivity index (χ1n) is 4.50. The molecular formula is C10H11FN2O3. The molecule has 0 aliphatic heterocycles. The van der Waals surface area contributed by atoms with E-state index in [1.54, 1.807) is 24.3 Å². The molecule has 1 unspecified atom stereocenters. The number of amides is 1. The third kappa shape index (κ3) is 3.23. The van der Waals surface area contributed by atoms with Gasteiger partial charge in [-0.25, -0.2) is 9.18 Å². The minimum absolute atomic E-state index is 0.514. The first-order chi connectivity index (χ1) is 7.67. The molecule has 0 heterocycles.